The molecule has 0 spiro atoms. The topological polar surface area (TPSA) is 35.5 Å². The molecule has 0 heterocycles. The van der Waals surface area contributed by atoms with Crippen molar-refractivity contribution in [3.8, 4) is 16.9 Å². The van der Waals surface area contributed by atoms with Crippen LogP contribution in [0.2, 0.25) is 0 Å². The predicted molar refractivity (Wildman–Crippen MR) is 111 cm³/mol. The maximum atomic E-state index is 12.0. The highest BCUT2D eigenvalue weighted by atomic mass is 16.5. The van der Waals surface area contributed by atoms with Crippen LogP contribution in [0.4, 0.5) is 0 Å². The molecule has 3 nitrogen and oxygen atoms in total. The SMILES string of the molecule is CCCCCCC(=O)OC(C)c1ccc(-c2ccc(OCCC)cc2)cc1. The third-order valence-corrected chi connectivity index (χ3v) is 4.58. The summed E-state index contributed by atoms with van der Waals surface area (Å²) in [6, 6.07) is 16.4. The molecule has 1 unspecified atom stereocenters. The normalized spacial score (nSPS) is 11.8. The second kappa shape index (κ2) is 11.4. The molecule has 0 fully saturated rings. The molecule has 27 heavy (non-hydrogen) atoms. The van der Waals surface area contributed by atoms with Crippen molar-refractivity contribution in [3.05, 3.63) is 54.1 Å². The average molecular weight is 369 g/mol. The molecule has 0 radical (unpaired) electrons. The minimum atomic E-state index is -0.220. The molecular weight excluding hydrogens is 336 g/mol. The fourth-order valence-electron chi connectivity index (χ4n) is 2.93. The summed E-state index contributed by atoms with van der Waals surface area (Å²) in [5.41, 5.74) is 3.30. The monoisotopic (exact) mass is 368 g/mol. The molecule has 0 saturated heterocycles. The first-order valence-corrected chi connectivity index (χ1v) is 10.2. The molecule has 1 atom stereocenters. The number of benzene rings is 2. The van der Waals surface area contributed by atoms with E-state index in [2.05, 4.69) is 38.1 Å². The first kappa shape index (κ1) is 21.0. The Labute approximate surface area is 163 Å². The average Bonchev–Trinajstić information content (AvgIpc) is 2.70. The van der Waals surface area contributed by atoms with Crippen LogP contribution in [0.25, 0.3) is 11.1 Å². The van der Waals surface area contributed by atoms with E-state index in [1.807, 2.05) is 31.2 Å². The molecule has 0 aromatic heterocycles. The van der Waals surface area contributed by atoms with Crippen LogP contribution in [0.3, 0.4) is 0 Å². The van der Waals surface area contributed by atoms with Crippen molar-refractivity contribution in [3.63, 3.8) is 0 Å². The molecule has 2 rings (SSSR count). The van der Waals surface area contributed by atoms with Gasteiger partial charge in [-0.25, -0.2) is 0 Å². The number of unbranched alkanes of at least 4 members (excludes halogenated alkanes) is 3. The highest BCUT2D eigenvalue weighted by molar-refractivity contribution is 5.69. The van der Waals surface area contributed by atoms with E-state index in [4.69, 9.17) is 9.47 Å². The van der Waals surface area contributed by atoms with E-state index in [-0.39, 0.29) is 12.1 Å². The Kier molecular flexibility index (Phi) is 8.90. The second-order valence-electron chi connectivity index (χ2n) is 6.94. The van der Waals surface area contributed by atoms with Crippen LogP contribution in [0.1, 0.15) is 71.0 Å². The van der Waals surface area contributed by atoms with Gasteiger partial charge in [0.05, 0.1) is 6.61 Å². The fraction of sp³-hybridized carbons (Fsp3) is 0.458. The van der Waals surface area contributed by atoms with E-state index < -0.39 is 0 Å². The Balaban J connectivity index is 1.89. The van der Waals surface area contributed by atoms with E-state index in [0.717, 1.165) is 48.3 Å². The summed E-state index contributed by atoms with van der Waals surface area (Å²) in [5.74, 6) is 0.794. The summed E-state index contributed by atoms with van der Waals surface area (Å²) in [4.78, 5) is 12.0. The van der Waals surface area contributed by atoms with Gasteiger partial charge in [0, 0.05) is 6.42 Å². The Morgan fingerprint density at radius 1 is 0.852 bits per heavy atom. The fourth-order valence-corrected chi connectivity index (χ4v) is 2.93. The Bertz CT molecular complexity index is 674. The van der Waals surface area contributed by atoms with Crippen LogP contribution in [-0.2, 0) is 9.53 Å². The molecule has 0 bridgehead atoms. The zero-order valence-corrected chi connectivity index (χ0v) is 16.9. The van der Waals surface area contributed by atoms with Crippen LogP contribution in [0, 0.1) is 0 Å². The van der Waals surface area contributed by atoms with Crippen molar-refractivity contribution in [2.24, 2.45) is 0 Å². The molecule has 0 N–H and O–H groups in total. The van der Waals surface area contributed by atoms with Gasteiger partial charge in [0.1, 0.15) is 11.9 Å². The summed E-state index contributed by atoms with van der Waals surface area (Å²) in [7, 11) is 0. The van der Waals surface area contributed by atoms with Gasteiger partial charge in [-0.2, -0.15) is 0 Å². The molecule has 0 aliphatic carbocycles. The first-order chi connectivity index (χ1) is 13.1. The molecule has 2 aromatic rings. The lowest BCUT2D eigenvalue weighted by Gasteiger charge is -2.14. The largest absolute Gasteiger partial charge is 0.494 e. The number of carbonyl (C=O) groups is 1. The molecule has 2 aromatic carbocycles. The van der Waals surface area contributed by atoms with E-state index in [1.54, 1.807) is 0 Å². The summed E-state index contributed by atoms with van der Waals surface area (Å²) in [6.45, 7) is 6.93. The van der Waals surface area contributed by atoms with E-state index in [0.29, 0.717) is 6.42 Å². The zero-order valence-electron chi connectivity index (χ0n) is 16.9. The maximum Gasteiger partial charge on any atom is 0.306 e. The minimum absolute atomic E-state index is 0.106. The summed E-state index contributed by atoms with van der Waals surface area (Å²) in [5, 5.41) is 0. The standard InChI is InChI=1S/C24H32O3/c1-4-6-7-8-9-24(25)27-19(3)20-10-12-21(13-11-20)22-14-16-23(17-15-22)26-18-5-2/h10-17,19H,4-9,18H2,1-3H3. The Hall–Kier alpha value is -2.29. The summed E-state index contributed by atoms with van der Waals surface area (Å²) >= 11 is 0. The molecule has 0 saturated carbocycles. The van der Waals surface area contributed by atoms with Gasteiger partial charge in [-0.3, -0.25) is 4.79 Å². The third-order valence-electron chi connectivity index (χ3n) is 4.58. The maximum absolute atomic E-state index is 12.0. The van der Waals surface area contributed by atoms with Crippen molar-refractivity contribution in [1.82, 2.24) is 0 Å². The molecule has 3 heteroatoms. The number of rotatable bonds is 11. The quantitative estimate of drug-likeness (QED) is 0.326. The molecule has 0 aliphatic heterocycles. The lowest BCUT2D eigenvalue weighted by molar-refractivity contribution is -0.148. The van der Waals surface area contributed by atoms with E-state index in [9.17, 15) is 4.79 Å². The van der Waals surface area contributed by atoms with Crippen molar-refractivity contribution in [2.75, 3.05) is 6.61 Å². The van der Waals surface area contributed by atoms with Crippen molar-refractivity contribution < 1.29 is 14.3 Å². The first-order valence-electron chi connectivity index (χ1n) is 10.2. The smallest absolute Gasteiger partial charge is 0.306 e. The van der Waals surface area contributed by atoms with Crippen LogP contribution < -0.4 is 4.74 Å². The Morgan fingerprint density at radius 3 is 2.07 bits per heavy atom. The van der Waals surface area contributed by atoms with Crippen molar-refractivity contribution >= 4 is 5.97 Å². The second-order valence-corrected chi connectivity index (χ2v) is 6.94. The number of hydrogen-bond donors (Lipinski definition) is 0. The van der Waals surface area contributed by atoms with Crippen LogP contribution >= 0.6 is 0 Å². The van der Waals surface area contributed by atoms with E-state index in [1.165, 1.54) is 12.8 Å². The number of carbonyl (C=O) groups excluding carboxylic acids is 1. The summed E-state index contributed by atoms with van der Waals surface area (Å²) in [6.07, 6.45) is 5.65. The van der Waals surface area contributed by atoms with Gasteiger partial charge in [0.15, 0.2) is 0 Å². The van der Waals surface area contributed by atoms with Gasteiger partial charge in [0.25, 0.3) is 0 Å². The molecule has 0 aliphatic rings. The van der Waals surface area contributed by atoms with Gasteiger partial charge in [-0.1, -0.05) is 69.5 Å². The van der Waals surface area contributed by atoms with Crippen LogP contribution in [-0.4, -0.2) is 12.6 Å². The summed E-state index contributed by atoms with van der Waals surface area (Å²) < 4.78 is 11.2. The third kappa shape index (κ3) is 7.09. The zero-order chi connectivity index (χ0) is 19.5. The van der Waals surface area contributed by atoms with Gasteiger partial charge in [0.2, 0.25) is 0 Å². The molecule has 0 amide bonds. The van der Waals surface area contributed by atoms with Crippen molar-refractivity contribution in [2.45, 2.75) is 65.4 Å². The number of ether oxygens (including phenoxy) is 2. The van der Waals surface area contributed by atoms with Gasteiger partial charge < -0.3 is 9.47 Å². The van der Waals surface area contributed by atoms with E-state index >= 15 is 0 Å². The number of hydrogen-bond acceptors (Lipinski definition) is 3. The highest BCUT2D eigenvalue weighted by Gasteiger charge is 2.11. The van der Waals surface area contributed by atoms with Gasteiger partial charge >= 0.3 is 5.97 Å². The number of esters is 1. The Morgan fingerprint density at radius 2 is 1.48 bits per heavy atom. The predicted octanol–water partition coefficient (Wildman–Crippen LogP) is 6.72. The molecule has 146 valence electrons. The minimum Gasteiger partial charge on any atom is -0.494 e. The van der Waals surface area contributed by atoms with Crippen LogP contribution in [0.15, 0.2) is 48.5 Å². The lowest BCUT2D eigenvalue weighted by atomic mass is 10.0. The van der Waals surface area contributed by atoms with Gasteiger partial charge in [-0.05, 0) is 48.6 Å². The lowest BCUT2D eigenvalue weighted by Crippen LogP contribution is -2.08. The van der Waals surface area contributed by atoms with Crippen molar-refractivity contribution in [1.29, 1.82) is 0 Å². The molecular formula is C24H32O3. The van der Waals surface area contributed by atoms with Gasteiger partial charge in [-0.15, -0.1) is 0 Å². The highest BCUT2D eigenvalue weighted by Crippen LogP contribution is 2.25. The van der Waals surface area contributed by atoms with Crippen LogP contribution in [0.5, 0.6) is 5.75 Å².